The summed E-state index contributed by atoms with van der Waals surface area (Å²) < 4.78 is 1.68. The van der Waals surface area contributed by atoms with Gasteiger partial charge >= 0.3 is 11.8 Å². The van der Waals surface area contributed by atoms with E-state index in [-0.39, 0.29) is 12.1 Å². The smallest absolute Gasteiger partial charge is 0.312 e. The Morgan fingerprint density at radius 1 is 1.29 bits per heavy atom. The molecule has 7 nitrogen and oxygen atoms in total. The first-order chi connectivity index (χ1) is 9.99. The third kappa shape index (κ3) is 2.92. The number of hydrogen-bond donors (Lipinski definition) is 1. The van der Waals surface area contributed by atoms with Crippen LogP contribution in [0.2, 0.25) is 0 Å². The highest BCUT2D eigenvalue weighted by Crippen LogP contribution is 2.26. The number of aryl methyl sites for hydroxylation is 1. The predicted molar refractivity (Wildman–Crippen MR) is 78.2 cm³/mol. The molecule has 2 heterocycles. The summed E-state index contributed by atoms with van der Waals surface area (Å²) in [5, 5.41) is 4.15. The molecule has 0 spiro atoms. The van der Waals surface area contributed by atoms with E-state index >= 15 is 0 Å². The topological polar surface area (TPSA) is 84.5 Å². The van der Waals surface area contributed by atoms with Crippen molar-refractivity contribution in [1.82, 2.24) is 19.6 Å². The third-order valence-electron chi connectivity index (χ3n) is 4.00. The fraction of sp³-hybridized carbons (Fsp3) is 0.643. The van der Waals surface area contributed by atoms with Crippen LogP contribution in [0.3, 0.4) is 0 Å². The number of hydrogen-bond acceptors (Lipinski definition) is 4. The number of carbonyl (C=O) groups is 2. The Kier molecular flexibility index (Phi) is 4.62. The molecule has 1 aliphatic rings. The van der Waals surface area contributed by atoms with Crippen LogP contribution in [-0.2, 0) is 16.6 Å². The van der Waals surface area contributed by atoms with E-state index in [0.29, 0.717) is 19.6 Å². The number of amides is 2. The lowest BCUT2D eigenvalue weighted by molar-refractivity contribution is -0.158. The minimum absolute atomic E-state index is 0.223. The van der Waals surface area contributed by atoms with Crippen LogP contribution in [-0.4, -0.2) is 57.1 Å². The van der Waals surface area contributed by atoms with E-state index < -0.39 is 11.8 Å². The minimum atomic E-state index is -0.471. The lowest BCUT2D eigenvalue weighted by atomic mass is 9.98. The summed E-state index contributed by atoms with van der Waals surface area (Å²) in [5.74, 6) is -0.915. The highest BCUT2D eigenvalue weighted by atomic mass is 16.2. The minimum Gasteiger partial charge on any atom is -0.333 e. The van der Waals surface area contributed by atoms with Crippen molar-refractivity contribution in [2.45, 2.75) is 32.4 Å². The molecule has 1 saturated heterocycles. The molecule has 116 valence electrons. The second kappa shape index (κ2) is 6.26. The molecule has 0 saturated carbocycles. The van der Waals surface area contributed by atoms with E-state index in [1.807, 2.05) is 27.1 Å². The van der Waals surface area contributed by atoms with Crippen molar-refractivity contribution >= 4 is 11.8 Å². The SMILES string of the molecule is CCC(N)C(c1cnn(C)c1)N1CCN(CC)C(=O)C1=O. The Hall–Kier alpha value is -1.89. The molecule has 2 N–H and O–H groups in total. The van der Waals surface area contributed by atoms with Crippen LogP contribution >= 0.6 is 0 Å². The first-order valence-corrected chi connectivity index (χ1v) is 7.33. The molecule has 0 aliphatic carbocycles. The normalized spacial score (nSPS) is 19.0. The summed E-state index contributed by atoms with van der Waals surface area (Å²) in [6, 6.07) is -0.529. The van der Waals surface area contributed by atoms with E-state index in [1.54, 1.807) is 20.7 Å². The van der Waals surface area contributed by atoms with E-state index in [2.05, 4.69) is 5.10 Å². The molecule has 0 aromatic carbocycles. The molecule has 21 heavy (non-hydrogen) atoms. The maximum Gasteiger partial charge on any atom is 0.312 e. The first-order valence-electron chi connectivity index (χ1n) is 7.33. The summed E-state index contributed by atoms with van der Waals surface area (Å²) in [6.07, 6.45) is 4.28. The number of likely N-dealkylation sites (N-methyl/N-ethyl adjacent to an activating group) is 1. The monoisotopic (exact) mass is 293 g/mol. The van der Waals surface area contributed by atoms with Gasteiger partial charge in [-0.1, -0.05) is 6.92 Å². The zero-order chi connectivity index (χ0) is 15.6. The molecule has 1 aliphatic heterocycles. The van der Waals surface area contributed by atoms with Crippen LogP contribution in [0.1, 0.15) is 31.9 Å². The van der Waals surface area contributed by atoms with Gasteiger partial charge in [0.15, 0.2) is 0 Å². The average Bonchev–Trinajstić information content (AvgIpc) is 2.90. The standard InChI is InChI=1S/C14H23N5O2/c1-4-11(15)12(10-8-16-17(3)9-10)19-7-6-18(5-2)13(20)14(19)21/h8-9,11-12H,4-7,15H2,1-3H3. The quantitative estimate of drug-likeness (QED) is 0.768. The van der Waals surface area contributed by atoms with Crippen LogP contribution < -0.4 is 5.73 Å². The average molecular weight is 293 g/mol. The van der Waals surface area contributed by atoms with Gasteiger partial charge in [-0.2, -0.15) is 5.10 Å². The van der Waals surface area contributed by atoms with E-state index in [9.17, 15) is 9.59 Å². The van der Waals surface area contributed by atoms with Crippen molar-refractivity contribution < 1.29 is 9.59 Å². The molecule has 2 amide bonds. The zero-order valence-electron chi connectivity index (χ0n) is 12.8. The lowest BCUT2D eigenvalue weighted by Gasteiger charge is -2.39. The number of piperazine rings is 1. The maximum absolute atomic E-state index is 12.4. The maximum atomic E-state index is 12.4. The fourth-order valence-electron chi connectivity index (χ4n) is 2.73. The molecule has 7 heteroatoms. The zero-order valence-corrected chi connectivity index (χ0v) is 12.8. The second-order valence-electron chi connectivity index (χ2n) is 5.35. The van der Waals surface area contributed by atoms with Crippen LogP contribution in [0.15, 0.2) is 12.4 Å². The van der Waals surface area contributed by atoms with Crippen LogP contribution in [0.25, 0.3) is 0 Å². The Morgan fingerprint density at radius 3 is 2.52 bits per heavy atom. The summed E-state index contributed by atoms with van der Waals surface area (Å²) >= 11 is 0. The van der Waals surface area contributed by atoms with Gasteiger partial charge in [-0.3, -0.25) is 14.3 Å². The van der Waals surface area contributed by atoms with Crippen molar-refractivity contribution in [1.29, 1.82) is 0 Å². The van der Waals surface area contributed by atoms with Gasteiger partial charge in [-0.25, -0.2) is 0 Å². The van der Waals surface area contributed by atoms with Crippen LogP contribution in [0.4, 0.5) is 0 Å². The summed E-state index contributed by atoms with van der Waals surface area (Å²) in [7, 11) is 1.82. The van der Waals surface area contributed by atoms with Gasteiger partial charge in [0, 0.05) is 44.5 Å². The lowest BCUT2D eigenvalue weighted by Crippen LogP contribution is -2.57. The predicted octanol–water partition coefficient (Wildman–Crippen LogP) is -0.111. The molecule has 1 aromatic rings. The van der Waals surface area contributed by atoms with Crippen molar-refractivity contribution in [3.05, 3.63) is 18.0 Å². The van der Waals surface area contributed by atoms with Gasteiger partial charge in [0.2, 0.25) is 0 Å². The highest BCUT2D eigenvalue weighted by Gasteiger charge is 2.38. The molecule has 1 aromatic heterocycles. The van der Waals surface area contributed by atoms with Crippen molar-refractivity contribution in [3.63, 3.8) is 0 Å². The van der Waals surface area contributed by atoms with Crippen molar-refractivity contribution in [2.75, 3.05) is 19.6 Å². The highest BCUT2D eigenvalue weighted by molar-refractivity contribution is 6.35. The number of rotatable bonds is 5. The Balaban J connectivity index is 2.30. The molecule has 1 fully saturated rings. The Labute approximate surface area is 124 Å². The van der Waals surface area contributed by atoms with E-state index in [0.717, 1.165) is 12.0 Å². The van der Waals surface area contributed by atoms with E-state index in [1.165, 1.54) is 0 Å². The molecular formula is C14H23N5O2. The summed E-state index contributed by atoms with van der Waals surface area (Å²) in [6.45, 7) is 5.45. The van der Waals surface area contributed by atoms with Crippen LogP contribution in [0, 0.1) is 0 Å². The van der Waals surface area contributed by atoms with Crippen LogP contribution in [0.5, 0.6) is 0 Å². The number of nitrogens with zero attached hydrogens (tertiary/aromatic N) is 4. The molecule has 2 atom stereocenters. The van der Waals surface area contributed by atoms with Gasteiger partial charge in [0.1, 0.15) is 0 Å². The second-order valence-corrected chi connectivity index (χ2v) is 5.35. The number of nitrogens with two attached hydrogens (primary N) is 1. The molecule has 0 bridgehead atoms. The largest absolute Gasteiger partial charge is 0.333 e. The van der Waals surface area contributed by atoms with Crippen molar-refractivity contribution in [3.8, 4) is 0 Å². The molecule has 0 radical (unpaired) electrons. The molecule has 2 rings (SSSR count). The number of carbonyl (C=O) groups excluding carboxylic acids is 2. The first kappa shape index (κ1) is 15.5. The van der Waals surface area contributed by atoms with E-state index in [4.69, 9.17) is 5.73 Å². The van der Waals surface area contributed by atoms with Gasteiger partial charge in [0.25, 0.3) is 0 Å². The molecule has 2 unspecified atom stereocenters. The fourth-order valence-corrected chi connectivity index (χ4v) is 2.73. The number of aromatic nitrogens is 2. The Morgan fingerprint density at radius 2 is 2.00 bits per heavy atom. The van der Waals surface area contributed by atoms with Gasteiger partial charge in [-0.15, -0.1) is 0 Å². The Bertz CT molecular complexity index is 527. The summed E-state index contributed by atoms with van der Waals surface area (Å²) in [5.41, 5.74) is 7.08. The van der Waals surface area contributed by atoms with Crippen molar-refractivity contribution in [2.24, 2.45) is 12.8 Å². The van der Waals surface area contributed by atoms with Gasteiger partial charge in [0.05, 0.1) is 12.2 Å². The summed E-state index contributed by atoms with van der Waals surface area (Å²) in [4.78, 5) is 27.6. The van der Waals surface area contributed by atoms with Gasteiger partial charge < -0.3 is 15.5 Å². The van der Waals surface area contributed by atoms with Gasteiger partial charge in [-0.05, 0) is 13.3 Å². The molecular weight excluding hydrogens is 270 g/mol. The third-order valence-corrected chi connectivity index (χ3v) is 4.00.